The second-order valence-electron chi connectivity index (χ2n) is 7.71. The van der Waals surface area contributed by atoms with E-state index < -0.39 is 0 Å². The Morgan fingerprint density at radius 1 is 1.04 bits per heavy atom. The lowest BCUT2D eigenvalue weighted by molar-refractivity contribution is 0.536. The van der Waals surface area contributed by atoms with Crippen LogP contribution in [-0.4, -0.2) is 46.1 Å². The maximum absolute atomic E-state index is 13.9. The first kappa shape index (κ1) is 18.5. The molecule has 1 aliphatic rings. The van der Waals surface area contributed by atoms with E-state index in [2.05, 4.69) is 49.5 Å². The van der Waals surface area contributed by atoms with Crippen LogP contribution in [0.15, 0.2) is 12.5 Å². The summed E-state index contributed by atoms with van der Waals surface area (Å²) in [5.41, 5.74) is 2.14. The number of halogens is 1. The van der Waals surface area contributed by atoms with Gasteiger partial charge in [0.05, 0.1) is 6.20 Å². The molecule has 0 spiro atoms. The van der Waals surface area contributed by atoms with Crippen LogP contribution in [0.25, 0.3) is 0 Å². The molecule has 0 N–H and O–H groups in total. The Bertz CT molecular complexity index is 778. The van der Waals surface area contributed by atoms with E-state index in [1.54, 1.807) is 0 Å². The Morgan fingerprint density at radius 2 is 1.65 bits per heavy atom. The number of piperazine rings is 1. The lowest BCUT2D eigenvalue weighted by Crippen LogP contribution is -2.48. The predicted molar refractivity (Wildman–Crippen MR) is 101 cm³/mol. The summed E-state index contributed by atoms with van der Waals surface area (Å²) in [5, 5.41) is 0. The zero-order valence-corrected chi connectivity index (χ0v) is 16.3. The van der Waals surface area contributed by atoms with Gasteiger partial charge in [-0.3, -0.25) is 0 Å². The standard InChI is InChI=1S/C19H27FN6/c1-6-14-13(2)23-18(19(3,4)5)24-16(14)25-7-9-26(10-8-25)17-15(20)11-21-12-22-17/h11-12H,6-10H2,1-5H3. The smallest absolute Gasteiger partial charge is 0.183 e. The minimum absolute atomic E-state index is 0.0995. The Kier molecular flexibility index (Phi) is 5.07. The van der Waals surface area contributed by atoms with E-state index in [9.17, 15) is 4.39 Å². The van der Waals surface area contributed by atoms with Crippen molar-refractivity contribution in [2.24, 2.45) is 0 Å². The van der Waals surface area contributed by atoms with Gasteiger partial charge in [-0.1, -0.05) is 27.7 Å². The fourth-order valence-corrected chi connectivity index (χ4v) is 3.26. The molecule has 7 heteroatoms. The zero-order valence-electron chi connectivity index (χ0n) is 16.3. The van der Waals surface area contributed by atoms with Crippen molar-refractivity contribution >= 4 is 11.6 Å². The molecule has 0 atom stereocenters. The molecule has 1 fully saturated rings. The molecule has 0 bridgehead atoms. The molecule has 0 radical (unpaired) electrons. The summed E-state index contributed by atoms with van der Waals surface area (Å²) >= 11 is 0. The normalized spacial score (nSPS) is 15.5. The largest absolute Gasteiger partial charge is 0.353 e. The summed E-state index contributed by atoms with van der Waals surface area (Å²) < 4.78 is 13.9. The van der Waals surface area contributed by atoms with Crippen molar-refractivity contribution in [1.29, 1.82) is 0 Å². The fourth-order valence-electron chi connectivity index (χ4n) is 3.26. The van der Waals surface area contributed by atoms with Gasteiger partial charge in [-0.2, -0.15) is 0 Å². The van der Waals surface area contributed by atoms with Gasteiger partial charge in [0.2, 0.25) is 0 Å². The van der Waals surface area contributed by atoms with Crippen LogP contribution in [0, 0.1) is 12.7 Å². The first-order valence-electron chi connectivity index (χ1n) is 9.14. The second-order valence-corrected chi connectivity index (χ2v) is 7.71. The number of rotatable bonds is 3. The number of hydrogen-bond acceptors (Lipinski definition) is 6. The van der Waals surface area contributed by atoms with E-state index >= 15 is 0 Å². The Morgan fingerprint density at radius 3 is 2.19 bits per heavy atom. The average molecular weight is 358 g/mol. The van der Waals surface area contributed by atoms with Gasteiger partial charge >= 0.3 is 0 Å². The molecule has 140 valence electrons. The number of aryl methyl sites for hydroxylation is 1. The summed E-state index contributed by atoms with van der Waals surface area (Å²) in [6.45, 7) is 13.5. The minimum atomic E-state index is -0.372. The molecule has 1 saturated heterocycles. The highest BCUT2D eigenvalue weighted by Gasteiger charge is 2.26. The molecule has 0 aliphatic carbocycles. The third-order valence-corrected chi connectivity index (χ3v) is 4.74. The Labute approximate surface area is 154 Å². The molecular weight excluding hydrogens is 331 g/mol. The molecule has 1 aliphatic heterocycles. The van der Waals surface area contributed by atoms with Crippen LogP contribution in [0.5, 0.6) is 0 Å². The van der Waals surface area contributed by atoms with Gasteiger partial charge in [-0.05, 0) is 13.3 Å². The highest BCUT2D eigenvalue weighted by Crippen LogP contribution is 2.28. The second kappa shape index (κ2) is 7.13. The van der Waals surface area contributed by atoms with Gasteiger partial charge < -0.3 is 9.80 Å². The van der Waals surface area contributed by atoms with E-state index in [0.717, 1.165) is 36.8 Å². The number of aromatic nitrogens is 4. The van der Waals surface area contributed by atoms with Crippen LogP contribution < -0.4 is 9.80 Å². The summed E-state index contributed by atoms with van der Waals surface area (Å²) in [5.74, 6) is 1.90. The summed E-state index contributed by atoms with van der Waals surface area (Å²) in [7, 11) is 0. The quantitative estimate of drug-likeness (QED) is 0.841. The maximum atomic E-state index is 13.9. The van der Waals surface area contributed by atoms with Crippen LogP contribution in [0.3, 0.4) is 0 Å². The first-order valence-corrected chi connectivity index (χ1v) is 9.14. The molecule has 2 aromatic rings. The number of nitrogens with zero attached hydrogens (tertiary/aromatic N) is 6. The highest BCUT2D eigenvalue weighted by atomic mass is 19.1. The van der Waals surface area contributed by atoms with Crippen molar-refractivity contribution in [3.8, 4) is 0 Å². The summed E-state index contributed by atoms with van der Waals surface area (Å²) in [6.07, 6.45) is 3.50. The predicted octanol–water partition coefficient (Wildman–Crippen LogP) is 2.90. The van der Waals surface area contributed by atoms with Gasteiger partial charge in [-0.25, -0.2) is 24.3 Å². The maximum Gasteiger partial charge on any atom is 0.183 e. The average Bonchev–Trinajstić information content (AvgIpc) is 2.61. The molecule has 6 nitrogen and oxygen atoms in total. The third-order valence-electron chi connectivity index (χ3n) is 4.74. The molecule has 3 heterocycles. The highest BCUT2D eigenvalue weighted by molar-refractivity contribution is 5.52. The Hall–Kier alpha value is -2.31. The van der Waals surface area contributed by atoms with Gasteiger partial charge in [0.15, 0.2) is 11.6 Å². The van der Waals surface area contributed by atoms with Gasteiger partial charge in [0, 0.05) is 42.9 Å². The molecule has 0 amide bonds. The molecule has 0 saturated carbocycles. The SMILES string of the molecule is CCc1c(C)nc(C(C)(C)C)nc1N1CCN(c2ncncc2F)CC1. The summed E-state index contributed by atoms with van der Waals surface area (Å²) in [4.78, 5) is 21.7. The summed E-state index contributed by atoms with van der Waals surface area (Å²) in [6, 6.07) is 0. The van der Waals surface area contributed by atoms with Crippen molar-refractivity contribution < 1.29 is 4.39 Å². The van der Waals surface area contributed by atoms with E-state index in [-0.39, 0.29) is 11.2 Å². The van der Waals surface area contributed by atoms with Gasteiger partial charge in [0.25, 0.3) is 0 Å². The van der Waals surface area contributed by atoms with Crippen LogP contribution in [0.2, 0.25) is 0 Å². The molecule has 0 unspecified atom stereocenters. The third kappa shape index (κ3) is 3.61. The molecule has 26 heavy (non-hydrogen) atoms. The number of anilines is 2. The van der Waals surface area contributed by atoms with Crippen LogP contribution in [0.1, 0.15) is 44.8 Å². The van der Waals surface area contributed by atoms with Crippen molar-refractivity contribution in [1.82, 2.24) is 19.9 Å². The topological polar surface area (TPSA) is 58.0 Å². The van der Waals surface area contributed by atoms with Crippen molar-refractivity contribution in [3.63, 3.8) is 0 Å². The lowest BCUT2D eigenvalue weighted by atomic mass is 9.95. The molecule has 3 rings (SSSR count). The van der Waals surface area contributed by atoms with E-state index in [1.807, 2.05) is 4.90 Å². The van der Waals surface area contributed by atoms with Gasteiger partial charge in [0.1, 0.15) is 18.0 Å². The van der Waals surface area contributed by atoms with Gasteiger partial charge in [-0.15, -0.1) is 0 Å². The molecule has 0 aromatic carbocycles. The molecule has 2 aromatic heterocycles. The lowest BCUT2D eigenvalue weighted by Gasteiger charge is -2.37. The zero-order chi connectivity index (χ0) is 18.9. The van der Waals surface area contributed by atoms with Crippen LogP contribution in [-0.2, 0) is 11.8 Å². The fraction of sp³-hybridized carbons (Fsp3) is 0.579. The molecular formula is C19H27FN6. The van der Waals surface area contributed by atoms with Crippen LogP contribution in [0.4, 0.5) is 16.0 Å². The number of hydrogen-bond donors (Lipinski definition) is 0. The van der Waals surface area contributed by atoms with Crippen molar-refractivity contribution in [2.75, 3.05) is 36.0 Å². The van der Waals surface area contributed by atoms with Crippen molar-refractivity contribution in [3.05, 3.63) is 35.4 Å². The Balaban J connectivity index is 1.85. The monoisotopic (exact) mass is 358 g/mol. The van der Waals surface area contributed by atoms with E-state index in [0.29, 0.717) is 18.9 Å². The first-order chi connectivity index (χ1) is 12.3. The minimum Gasteiger partial charge on any atom is -0.353 e. The van der Waals surface area contributed by atoms with Crippen molar-refractivity contribution in [2.45, 2.75) is 46.5 Å². The van der Waals surface area contributed by atoms with E-state index in [1.165, 1.54) is 18.1 Å². The van der Waals surface area contributed by atoms with E-state index in [4.69, 9.17) is 9.97 Å². The van der Waals surface area contributed by atoms with Crippen LogP contribution >= 0.6 is 0 Å².